The Morgan fingerprint density at radius 2 is 2.10 bits per heavy atom. The third-order valence-electron chi connectivity index (χ3n) is 2.66. The van der Waals surface area contributed by atoms with Crippen LogP contribution in [0.4, 0.5) is 10.1 Å². The van der Waals surface area contributed by atoms with E-state index >= 15 is 0 Å². The Bertz CT molecular complexity index is 681. The highest BCUT2D eigenvalue weighted by atomic mass is 79.9. The molecule has 0 fully saturated rings. The first-order chi connectivity index (χ1) is 9.95. The summed E-state index contributed by atoms with van der Waals surface area (Å²) in [6, 6.07) is 10.1. The van der Waals surface area contributed by atoms with Gasteiger partial charge in [-0.2, -0.15) is 0 Å². The highest BCUT2D eigenvalue weighted by Crippen LogP contribution is 2.26. The lowest BCUT2D eigenvalue weighted by atomic mass is 10.2. The van der Waals surface area contributed by atoms with Crippen LogP contribution in [0.3, 0.4) is 0 Å². The lowest BCUT2D eigenvalue weighted by molar-refractivity contribution is -0.113. The van der Waals surface area contributed by atoms with Gasteiger partial charge in [0.15, 0.2) is 0 Å². The van der Waals surface area contributed by atoms with Crippen molar-refractivity contribution in [1.29, 1.82) is 0 Å². The predicted octanol–water partition coefficient (Wildman–Crippen LogP) is 5.28. The average Bonchev–Trinajstić information content (AvgIpc) is 2.43. The van der Waals surface area contributed by atoms with Gasteiger partial charge in [0.1, 0.15) is 5.82 Å². The standard InChI is InChI=1S/C15H12BrClFNOS/c1-9-2-5-14(11(16)6-9)19-15(20)8-21-10-3-4-13(18)12(17)7-10/h2-7H,8H2,1H3,(H,19,20). The molecule has 21 heavy (non-hydrogen) atoms. The summed E-state index contributed by atoms with van der Waals surface area (Å²) in [4.78, 5) is 12.7. The van der Waals surface area contributed by atoms with Crippen molar-refractivity contribution in [3.63, 3.8) is 0 Å². The highest BCUT2D eigenvalue weighted by Gasteiger charge is 2.08. The Morgan fingerprint density at radius 3 is 2.76 bits per heavy atom. The Balaban J connectivity index is 1.94. The average molecular weight is 389 g/mol. The summed E-state index contributed by atoms with van der Waals surface area (Å²) in [6.45, 7) is 1.98. The van der Waals surface area contributed by atoms with E-state index < -0.39 is 5.82 Å². The van der Waals surface area contributed by atoms with Crippen LogP contribution in [-0.4, -0.2) is 11.7 Å². The molecule has 2 aromatic carbocycles. The van der Waals surface area contributed by atoms with Crippen LogP contribution in [0.15, 0.2) is 45.8 Å². The molecule has 1 amide bonds. The minimum atomic E-state index is -0.464. The Morgan fingerprint density at radius 1 is 1.33 bits per heavy atom. The molecule has 0 aliphatic rings. The lowest BCUT2D eigenvalue weighted by Crippen LogP contribution is -2.14. The minimum Gasteiger partial charge on any atom is -0.324 e. The highest BCUT2D eigenvalue weighted by molar-refractivity contribution is 9.10. The van der Waals surface area contributed by atoms with Crippen LogP contribution in [0, 0.1) is 12.7 Å². The van der Waals surface area contributed by atoms with E-state index in [1.54, 1.807) is 6.07 Å². The monoisotopic (exact) mass is 387 g/mol. The summed E-state index contributed by atoms with van der Waals surface area (Å²) in [7, 11) is 0. The summed E-state index contributed by atoms with van der Waals surface area (Å²) in [5.41, 5.74) is 1.83. The third-order valence-corrected chi connectivity index (χ3v) is 4.60. The van der Waals surface area contributed by atoms with E-state index in [4.69, 9.17) is 11.6 Å². The molecular weight excluding hydrogens is 377 g/mol. The summed E-state index contributed by atoms with van der Waals surface area (Å²) in [5, 5.41) is 2.88. The van der Waals surface area contributed by atoms with Gasteiger partial charge in [0.2, 0.25) is 5.91 Å². The van der Waals surface area contributed by atoms with Crippen molar-refractivity contribution in [3.05, 3.63) is 57.3 Å². The molecule has 0 unspecified atom stereocenters. The maximum atomic E-state index is 13.0. The van der Waals surface area contributed by atoms with Crippen LogP contribution in [-0.2, 0) is 4.79 Å². The molecule has 110 valence electrons. The first-order valence-corrected chi connectivity index (χ1v) is 8.25. The van der Waals surface area contributed by atoms with E-state index in [-0.39, 0.29) is 16.7 Å². The molecule has 6 heteroatoms. The number of rotatable bonds is 4. The fourth-order valence-electron chi connectivity index (χ4n) is 1.62. The lowest BCUT2D eigenvalue weighted by Gasteiger charge is -2.08. The summed E-state index contributed by atoms with van der Waals surface area (Å²) >= 11 is 10.4. The zero-order valence-electron chi connectivity index (χ0n) is 11.1. The second-order valence-corrected chi connectivity index (χ2v) is 6.71. The minimum absolute atomic E-state index is 0.0571. The number of hydrogen-bond donors (Lipinski definition) is 1. The number of carbonyl (C=O) groups excluding carboxylic acids is 1. The van der Waals surface area contributed by atoms with Crippen LogP contribution < -0.4 is 5.32 Å². The molecule has 0 radical (unpaired) electrons. The SMILES string of the molecule is Cc1ccc(NC(=O)CSc2ccc(F)c(Cl)c2)c(Br)c1. The quantitative estimate of drug-likeness (QED) is 0.722. The molecule has 2 nitrogen and oxygen atoms in total. The van der Waals surface area contributed by atoms with E-state index in [1.165, 1.54) is 23.9 Å². The molecular formula is C15H12BrClFNOS. The maximum absolute atomic E-state index is 13.0. The summed E-state index contributed by atoms with van der Waals surface area (Å²) in [5.74, 6) is -0.374. The van der Waals surface area contributed by atoms with Crippen LogP contribution in [0.1, 0.15) is 5.56 Å². The molecule has 1 N–H and O–H groups in total. The maximum Gasteiger partial charge on any atom is 0.234 e. The van der Waals surface area contributed by atoms with Crippen molar-refractivity contribution >= 4 is 50.9 Å². The van der Waals surface area contributed by atoms with E-state index in [0.29, 0.717) is 0 Å². The van der Waals surface area contributed by atoms with Crippen molar-refractivity contribution in [1.82, 2.24) is 0 Å². The summed E-state index contributed by atoms with van der Waals surface area (Å²) < 4.78 is 13.9. The van der Waals surface area contributed by atoms with Crippen molar-refractivity contribution in [2.45, 2.75) is 11.8 Å². The molecule has 0 atom stereocenters. The molecule has 0 spiro atoms. The van der Waals surface area contributed by atoms with Gasteiger partial charge >= 0.3 is 0 Å². The van der Waals surface area contributed by atoms with Crippen LogP contribution in [0.25, 0.3) is 0 Å². The van der Waals surface area contributed by atoms with Crippen LogP contribution in [0.5, 0.6) is 0 Å². The smallest absolute Gasteiger partial charge is 0.234 e. The molecule has 0 aliphatic carbocycles. The van der Waals surface area contributed by atoms with Gasteiger partial charge in [-0.1, -0.05) is 17.7 Å². The number of nitrogens with one attached hydrogen (secondary N) is 1. The summed E-state index contributed by atoms with van der Waals surface area (Å²) in [6.07, 6.45) is 0. The van der Waals surface area contributed by atoms with Gasteiger partial charge in [0.05, 0.1) is 16.5 Å². The first kappa shape index (κ1) is 16.3. The predicted molar refractivity (Wildman–Crippen MR) is 89.6 cm³/mol. The number of aryl methyl sites for hydroxylation is 1. The third kappa shape index (κ3) is 4.73. The number of halogens is 3. The van der Waals surface area contributed by atoms with E-state index in [0.717, 1.165) is 20.6 Å². The van der Waals surface area contributed by atoms with Gasteiger partial charge in [0, 0.05) is 9.37 Å². The molecule has 0 bridgehead atoms. The molecule has 2 rings (SSSR count). The van der Waals surface area contributed by atoms with Gasteiger partial charge in [-0.05, 0) is 58.7 Å². The van der Waals surface area contributed by atoms with Crippen molar-refractivity contribution < 1.29 is 9.18 Å². The molecule has 2 aromatic rings. The van der Waals surface area contributed by atoms with Crippen molar-refractivity contribution in [2.75, 3.05) is 11.1 Å². The number of thioether (sulfide) groups is 1. The van der Waals surface area contributed by atoms with Crippen LogP contribution in [0.2, 0.25) is 5.02 Å². The van der Waals surface area contributed by atoms with Crippen LogP contribution >= 0.6 is 39.3 Å². The second-order valence-electron chi connectivity index (χ2n) is 4.40. The second kappa shape index (κ2) is 7.29. The van der Waals surface area contributed by atoms with Gasteiger partial charge in [-0.25, -0.2) is 4.39 Å². The first-order valence-electron chi connectivity index (χ1n) is 6.09. The number of amides is 1. The largest absolute Gasteiger partial charge is 0.324 e. The molecule has 0 aromatic heterocycles. The Hall–Kier alpha value is -1.04. The van der Waals surface area contributed by atoms with Gasteiger partial charge < -0.3 is 5.32 Å². The Kier molecular flexibility index (Phi) is 5.67. The zero-order valence-corrected chi connectivity index (χ0v) is 14.3. The van der Waals surface area contributed by atoms with Crippen molar-refractivity contribution in [3.8, 4) is 0 Å². The van der Waals surface area contributed by atoms with Gasteiger partial charge in [0.25, 0.3) is 0 Å². The van der Waals surface area contributed by atoms with Gasteiger partial charge in [-0.15, -0.1) is 11.8 Å². The van der Waals surface area contributed by atoms with E-state index in [9.17, 15) is 9.18 Å². The zero-order chi connectivity index (χ0) is 15.4. The number of benzene rings is 2. The molecule has 0 saturated heterocycles. The number of carbonyl (C=O) groups is 1. The fourth-order valence-corrected chi connectivity index (χ4v) is 3.20. The fraction of sp³-hybridized carbons (Fsp3) is 0.133. The Labute approximate surface area is 140 Å². The number of anilines is 1. The topological polar surface area (TPSA) is 29.1 Å². The number of hydrogen-bond acceptors (Lipinski definition) is 2. The normalized spacial score (nSPS) is 10.5. The van der Waals surface area contributed by atoms with E-state index in [1.807, 2.05) is 25.1 Å². The molecule has 0 aliphatic heterocycles. The van der Waals surface area contributed by atoms with Gasteiger partial charge in [-0.3, -0.25) is 4.79 Å². The molecule has 0 saturated carbocycles. The van der Waals surface area contributed by atoms with Crippen molar-refractivity contribution in [2.24, 2.45) is 0 Å². The van der Waals surface area contributed by atoms with E-state index in [2.05, 4.69) is 21.2 Å². The molecule has 0 heterocycles.